The molecule has 8 heteroatoms. The summed E-state index contributed by atoms with van der Waals surface area (Å²) in [6.07, 6.45) is 0. The standard InChI is InChI=1S/C28H26N2O6/c1-17-5-6-20(4)27(12-17)36-25-14-21(13-22(15-25)30(32)33)29-28(31)26-8-7-23(35-26)16-34-24-10-18(2)9-19(3)11-24/h5-15H,16H2,1-4H3,(H,29,31). The van der Waals surface area contributed by atoms with E-state index in [0.717, 1.165) is 22.3 Å². The fraction of sp³-hybridized carbons (Fsp3) is 0.179. The number of carbonyl (C=O) groups is 1. The van der Waals surface area contributed by atoms with Crippen molar-refractivity contribution in [2.45, 2.75) is 34.3 Å². The number of furan rings is 1. The van der Waals surface area contributed by atoms with Gasteiger partial charge in [0.05, 0.1) is 16.7 Å². The van der Waals surface area contributed by atoms with Gasteiger partial charge in [0.25, 0.3) is 11.6 Å². The van der Waals surface area contributed by atoms with Crippen LogP contribution in [0, 0.1) is 37.8 Å². The van der Waals surface area contributed by atoms with Crippen molar-refractivity contribution in [3.8, 4) is 17.2 Å². The second-order valence-electron chi connectivity index (χ2n) is 8.68. The molecule has 0 unspecified atom stereocenters. The third-order valence-electron chi connectivity index (χ3n) is 5.39. The van der Waals surface area contributed by atoms with E-state index >= 15 is 0 Å². The second-order valence-corrected chi connectivity index (χ2v) is 8.68. The minimum absolute atomic E-state index is 0.0533. The Morgan fingerprint density at radius 1 is 0.889 bits per heavy atom. The summed E-state index contributed by atoms with van der Waals surface area (Å²) in [6.45, 7) is 7.94. The van der Waals surface area contributed by atoms with E-state index in [1.54, 1.807) is 6.07 Å². The number of hydrogen-bond donors (Lipinski definition) is 1. The van der Waals surface area contributed by atoms with Gasteiger partial charge in [0.2, 0.25) is 0 Å². The molecular weight excluding hydrogens is 460 g/mol. The predicted octanol–water partition coefficient (Wildman–Crippen LogP) is 7.05. The largest absolute Gasteiger partial charge is 0.486 e. The molecule has 0 saturated heterocycles. The van der Waals surface area contributed by atoms with Gasteiger partial charge in [-0.1, -0.05) is 18.2 Å². The van der Waals surface area contributed by atoms with Crippen LogP contribution in [0.5, 0.6) is 17.2 Å². The van der Waals surface area contributed by atoms with Gasteiger partial charge >= 0.3 is 0 Å². The molecular formula is C28H26N2O6. The molecule has 8 nitrogen and oxygen atoms in total. The lowest BCUT2D eigenvalue weighted by molar-refractivity contribution is -0.384. The van der Waals surface area contributed by atoms with Crippen LogP contribution in [0.2, 0.25) is 0 Å². The van der Waals surface area contributed by atoms with Crippen molar-refractivity contribution in [1.29, 1.82) is 0 Å². The van der Waals surface area contributed by atoms with E-state index in [2.05, 4.69) is 11.4 Å². The SMILES string of the molecule is Cc1cc(C)cc(OCc2ccc(C(=O)Nc3cc(Oc4cc(C)ccc4C)cc([N+](=O)[O-])c3)o2)c1. The zero-order valence-corrected chi connectivity index (χ0v) is 20.5. The minimum Gasteiger partial charge on any atom is -0.486 e. The summed E-state index contributed by atoms with van der Waals surface area (Å²) in [6, 6.07) is 18.9. The number of hydrogen-bond acceptors (Lipinski definition) is 6. The Kier molecular flexibility index (Phi) is 7.05. The molecule has 1 heterocycles. The van der Waals surface area contributed by atoms with Crippen molar-refractivity contribution in [3.05, 3.63) is 111 Å². The van der Waals surface area contributed by atoms with Crippen molar-refractivity contribution in [2.75, 3.05) is 5.32 Å². The molecule has 0 aliphatic heterocycles. The van der Waals surface area contributed by atoms with Gasteiger partial charge in [-0.05, 0) is 80.3 Å². The van der Waals surface area contributed by atoms with E-state index in [4.69, 9.17) is 13.9 Å². The number of aryl methyl sites for hydroxylation is 4. The summed E-state index contributed by atoms with van der Waals surface area (Å²) in [7, 11) is 0. The Balaban J connectivity index is 1.48. The van der Waals surface area contributed by atoms with E-state index in [0.29, 0.717) is 17.3 Å². The van der Waals surface area contributed by atoms with Gasteiger partial charge in [0.1, 0.15) is 29.6 Å². The number of rotatable bonds is 8. The third-order valence-corrected chi connectivity index (χ3v) is 5.39. The van der Waals surface area contributed by atoms with E-state index in [1.165, 1.54) is 24.3 Å². The first-order valence-electron chi connectivity index (χ1n) is 11.3. The van der Waals surface area contributed by atoms with Crippen LogP contribution < -0.4 is 14.8 Å². The predicted molar refractivity (Wildman–Crippen MR) is 136 cm³/mol. The second kappa shape index (κ2) is 10.4. The fourth-order valence-electron chi connectivity index (χ4n) is 3.70. The van der Waals surface area contributed by atoms with Gasteiger partial charge in [-0.3, -0.25) is 14.9 Å². The van der Waals surface area contributed by atoms with E-state index in [9.17, 15) is 14.9 Å². The highest BCUT2D eigenvalue weighted by molar-refractivity contribution is 6.02. The normalized spacial score (nSPS) is 10.7. The highest BCUT2D eigenvalue weighted by Gasteiger charge is 2.17. The van der Waals surface area contributed by atoms with E-state index in [1.807, 2.05) is 58.0 Å². The average Bonchev–Trinajstić information content (AvgIpc) is 3.29. The van der Waals surface area contributed by atoms with Crippen LogP contribution in [-0.2, 0) is 6.61 Å². The highest BCUT2D eigenvalue weighted by atomic mass is 16.6. The lowest BCUT2D eigenvalue weighted by Gasteiger charge is -2.11. The number of nitro benzene ring substituents is 1. The number of ether oxygens (including phenoxy) is 2. The third kappa shape index (κ3) is 6.09. The first-order chi connectivity index (χ1) is 17.2. The molecule has 0 spiro atoms. The number of carbonyl (C=O) groups excluding carboxylic acids is 1. The van der Waals surface area contributed by atoms with Crippen molar-refractivity contribution in [1.82, 2.24) is 0 Å². The first-order valence-corrected chi connectivity index (χ1v) is 11.3. The van der Waals surface area contributed by atoms with Crippen molar-refractivity contribution >= 4 is 17.3 Å². The van der Waals surface area contributed by atoms with Crippen molar-refractivity contribution in [3.63, 3.8) is 0 Å². The summed E-state index contributed by atoms with van der Waals surface area (Å²) >= 11 is 0. The minimum atomic E-state index is -0.550. The highest BCUT2D eigenvalue weighted by Crippen LogP contribution is 2.32. The maximum Gasteiger partial charge on any atom is 0.291 e. The molecule has 184 valence electrons. The number of anilines is 1. The number of nitrogens with zero attached hydrogens (tertiary/aromatic N) is 1. The molecule has 0 aliphatic rings. The zero-order chi connectivity index (χ0) is 25.8. The van der Waals surface area contributed by atoms with Gasteiger partial charge in [-0.15, -0.1) is 0 Å². The lowest BCUT2D eigenvalue weighted by Crippen LogP contribution is -2.11. The molecule has 0 radical (unpaired) electrons. The van der Waals surface area contributed by atoms with E-state index < -0.39 is 10.8 Å². The maximum absolute atomic E-state index is 12.8. The lowest BCUT2D eigenvalue weighted by atomic mass is 10.1. The molecule has 1 amide bonds. The molecule has 1 aromatic heterocycles. The maximum atomic E-state index is 12.8. The molecule has 0 bridgehead atoms. The summed E-state index contributed by atoms with van der Waals surface area (Å²) in [5.74, 6) is 1.49. The van der Waals surface area contributed by atoms with Crippen LogP contribution in [0.1, 0.15) is 38.6 Å². The molecule has 0 aliphatic carbocycles. The Hall–Kier alpha value is -4.59. The topological polar surface area (TPSA) is 104 Å². The number of nitrogens with one attached hydrogen (secondary N) is 1. The van der Waals surface area contributed by atoms with Crippen molar-refractivity contribution < 1.29 is 23.6 Å². The summed E-state index contributed by atoms with van der Waals surface area (Å²) in [5.41, 5.74) is 4.03. The zero-order valence-electron chi connectivity index (χ0n) is 20.5. The summed E-state index contributed by atoms with van der Waals surface area (Å²) in [4.78, 5) is 23.7. The molecule has 1 N–H and O–H groups in total. The molecule has 36 heavy (non-hydrogen) atoms. The number of amides is 1. The molecule has 0 atom stereocenters. The first kappa shape index (κ1) is 24.5. The Morgan fingerprint density at radius 3 is 2.36 bits per heavy atom. The van der Waals surface area contributed by atoms with Crippen molar-refractivity contribution in [2.24, 2.45) is 0 Å². The van der Waals surface area contributed by atoms with Gasteiger partial charge < -0.3 is 19.2 Å². The van der Waals surface area contributed by atoms with Crippen LogP contribution in [-0.4, -0.2) is 10.8 Å². The molecule has 4 aromatic rings. The quantitative estimate of drug-likeness (QED) is 0.211. The number of benzene rings is 3. The molecule has 0 fully saturated rings. The van der Waals surface area contributed by atoms with Crippen LogP contribution in [0.25, 0.3) is 0 Å². The smallest absolute Gasteiger partial charge is 0.291 e. The Morgan fingerprint density at radius 2 is 1.64 bits per heavy atom. The van der Waals surface area contributed by atoms with E-state index in [-0.39, 0.29) is 29.5 Å². The monoisotopic (exact) mass is 486 g/mol. The molecule has 4 rings (SSSR count). The van der Waals surface area contributed by atoms with Gasteiger partial charge in [-0.25, -0.2) is 0 Å². The summed E-state index contributed by atoms with van der Waals surface area (Å²) in [5, 5.41) is 14.1. The van der Waals surface area contributed by atoms with Crippen LogP contribution >= 0.6 is 0 Å². The van der Waals surface area contributed by atoms with Gasteiger partial charge in [0.15, 0.2) is 5.76 Å². The fourth-order valence-corrected chi connectivity index (χ4v) is 3.70. The number of nitro groups is 1. The van der Waals surface area contributed by atoms with Gasteiger partial charge in [-0.2, -0.15) is 0 Å². The summed E-state index contributed by atoms with van der Waals surface area (Å²) < 4.78 is 17.3. The van der Waals surface area contributed by atoms with Gasteiger partial charge in [0, 0.05) is 12.1 Å². The van der Waals surface area contributed by atoms with Crippen LogP contribution in [0.3, 0.4) is 0 Å². The average molecular weight is 487 g/mol. The Labute approximate surface area is 208 Å². The van der Waals surface area contributed by atoms with Crippen LogP contribution in [0.15, 0.2) is 71.1 Å². The van der Waals surface area contributed by atoms with Crippen LogP contribution in [0.4, 0.5) is 11.4 Å². The Bertz CT molecular complexity index is 1420. The number of non-ortho nitro benzene ring substituents is 1. The molecule has 3 aromatic carbocycles. The molecule has 0 saturated carbocycles.